The molecule has 0 aromatic rings. The quantitative estimate of drug-likeness (QED) is 0.726. The van der Waals surface area contributed by atoms with E-state index in [9.17, 15) is 9.90 Å². The van der Waals surface area contributed by atoms with E-state index in [0.29, 0.717) is 24.2 Å². The highest BCUT2D eigenvalue weighted by atomic mass is 16.3. The Morgan fingerprint density at radius 2 is 1.84 bits per heavy atom. The Balaban J connectivity index is 1.62. The SMILES string of the molecule is [2H]C([2H])([2H])C(=O)[C@@]1([2H])CC[C@H]2[C@@H]3CC[C@H]4C[C@@](O)(CC)CC[C@]4(C)[C@H]3CC[C@@]21C. The molecule has 2 nitrogen and oxygen atoms in total. The monoisotopic (exact) mass is 350 g/mol. The molecule has 0 aromatic heterocycles. The van der Waals surface area contributed by atoms with Crippen LogP contribution >= 0.6 is 0 Å². The number of carbonyl (C=O) groups is 1. The van der Waals surface area contributed by atoms with Gasteiger partial charge in [-0.2, -0.15) is 0 Å². The molecule has 0 saturated heterocycles. The van der Waals surface area contributed by atoms with Gasteiger partial charge in [-0.15, -0.1) is 0 Å². The fourth-order valence-electron chi connectivity index (χ4n) is 7.83. The molecule has 4 saturated carbocycles. The van der Waals surface area contributed by atoms with Crippen molar-refractivity contribution in [3.05, 3.63) is 0 Å². The molecule has 4 aliphatic rings. The lowest BCUT2D eigenvalue weighted by Crippen LogP contribution is -2.56. The summed E-state index contributed by atoms with van der Waals surface area (Å²) in [7, 11) is 0. The Morgan fingerprint density at radius 1 is 1.08 bits per heavy atom. The third-order valence-corrected chi connectivity index (χ3v) is 9.54. The molecule has 4 aliphatic carbocycles. The van der Waals surface area contributed by atoms with Crippen LogP contribution in [0.15, 0.2) is 0 Å². The average Bonchev–Trinajstić information content (AvgIpc) is 2.93. The first-order valence-corrected chi connectivity index (χ1v) is 10.6. The minimum Gasteiger partial charge on any atom is -0.390 e. The summed E-state index contributed by atoms with van der Waals surface area (Å²) < 4.78 is 32.0. The predicted octanol–water partition coefficient (Wildman–Crippen LogP) is 5.38. The van der Waals surface area contributed by atoms with Crippen molar-refractivity contribution in [1.82, 2.24) is 0 Å². The number of aliphatic hydroxyl groups is 1. The topological polar surface area (TPSA) is 37.3 Å². The predicted molar refractivity (Wildman–Crippen MR) is 101 cm³/mol. The molecular formula is C23H38O2. The fraction of sp³-hybridized carbons (Fsp3) is 0.957. The van der Waals surface area contributed by atoms with Crippen LogP contribution in [0.2, 0.25) is 0 Å². The van der Waals surface area contributed by atoms with E-state index < -0.39 is 29.5 Å². The highest BCUT2D eigenvalue weighted by molar-refractivity contribution is 5.79. The molecule has 0 radical (unpaired) electrons. The summed E-state index contributed by atoms with van der Waals surface area (Å²) in [6.07, 6.45) is 8.86. The fourth-order valence-corrected chi connectivity index (χ4v) is 7.83. The number of carbonyl (C=O) groups excluding carboxylic acids is 1. The van der Waals surface area contributed by atoms with Crippen LogP contribution in [0, 0.1) is 40.4 Å². The van der Waals surface area contributed by atoms with Crippen molar-refractivity contribution in [3.63, 3.8) is 0 Å². The van der Waals surface area contributed by atoms with E-state index in [4.69, 9.17) is 5.48 Å². The summed E-state index contributed by atoms with van der Waals surface area (Å²) in [5.41, 5.74) is -0.801. The Kier molecular flexibility index (Phi) is 3.20. The molecule has 2 heteroatoms. The summed E-state index contributed by atoms with van der Waals surface area (Å²) >= 11 is 0. The first-order valence-electron chi connectivity index (χ1n) is 12.6. The van der Waals surface area contributed by atoms with Crippen LogP contribution in [0.5, 0.6) is 0 Å². The van der Waals surface area contributed by atoms with Gasteiger partial charge in [-0.3, -0.25) is 4.79 Å². The lowest BCUT2D eigenvalue weighted by Gasteiger charge is -2.62. The molecule has 0 aliphatic heterocycles. The first-order chi connectivity index (χ1) is 13.3. The highest BCUT2D eigenvalue weighted by Crippen LogP contribution is 2.68. The largest absolute Gasteiger partial charge is 0.390 e. The van der Waals surface area contributed by atoms with Crippen LogP contribution in [-0.4, -0.2) is 16.5 Å². The number of hydrogen-bond acceptors (Lipinski definition) is 2. The van der Waals surface area contributed by atoms with Gasteiger partial charge < -0.3 is 5.11 Å². The molecule has 0 heterocycles. The van der Waals surface area contributed by atoms with E-state index in [1.165, 1.54) is 0 Å². The number of ketones is 1. The van der Waals surface area contributed by atoms with Gasteiger partial charge >= 0.3 is 0 Å². The van der Waals surface area contributed by atoms with Gasteiger partial charge in [0.15, 0.2) is 0 Å². The van der Waals surface area contributed by atoms with E-state index in [1.807, 2.05) is 6.92 Å². The van der Waals surface area contributed by atoms with Crippen LogP contribution in [0.25, 0.3) is 0 Å². The van der Waals surface area contributed by atoms with Gasteiger partial charge in [0.1, 0.15) is 5.78 Å². The van der Waals surface area contributed by atoms with Crippen molar-refractivity contribution in [2.45, 2.75) is 97.4 Å². The van der Waals surface area contributed by atoms with Crippen LogP contribution in [0.3, 0.4) is 0 Å². The summed E-state index contributed by atoms with van der Waals surface area (Å²) in [5, 5.41) is 10.9. The van der Waals surface area contributed by atoms with Crippen molar-refractivity contribution in [2.24, 2.45) is 40.4 Å². The van der Waals surface area contributed by atoms with E-state index >= 15 is 0 Å². The van der Waals surface area contributed by atoms with Crippen molar-refractivity contribution in [1.29, 1.82) is 0 Å². The van der Waals surface area contributed by atoms with Gasteiger partial charge in [0, 0.05) is 11.4 Å². The minimum atomic E-state index is -2.69. The maximum Gasteiger partial charge on any atom is 0.133 e. The maximum atomic E-state index is 12.8. The maximum absolute atomic E-state index is 12.8. The van der Waals surface area contributed by atoms with Crippen molar-refractivity contribution >= 4 is 5.78 Å². The van der Waals surface area contributed by atoms with E-state index in [0.717, 1.165) is 57.8 Å². The highest BCUT2D eigenvalue weighted by Gasteiger charge is 2.61. The zero-order valence-corrected chi connectivity index (χ0v) is 16.2. The zero-order chi connectivity index (χ0) is 21.5. The second kappa shape index (κ2) is 5.81. The lowest BCUT2D eigenvalue weighted by molar-refractivity contribution is -0.154. The van der Waals surface area contributed by atoms with Gasteiger partial charge in [0.25, 0.3) is 0 Å². The minimum absolute atomic E-state index is 0.229. The van der Waals surface area contributed by atoms with Crippen LogP contribution in [0.4, 0.5) is 0 Å². The number of fused-ring (bicyclic) bond motifs is 5. The van der Waals surface area contributed by atoms with Gasteiger partial charge in [-0.25, -0.2) is 0 Å². The van der Waals surface area contributed by atoms with E-state index in [1.54, 1.807) is 0 Å². The van der Waals surface area contributed by atoms with Gasteiger partial charge in [0.2, 0.25) is 0 Å². The van der Waals surface area contributed by atoms with Gasteiger partial charge in [-0.1, -0.05) is 20.8 Å². The molecular weight excluding hydrogens is 308 g/mol. The Morgan fingerprint density at radius 3 is 2.56 bits per heavy atom. The normalized spacial score (nSPS) is 61.0. The van der Waals surface area contributed by atoms with Crippen molar-refractivity contribution < 1.29 is 15.4 Å². The molecule has 1 N–H and O–H groups in total. The van der Waals surface area contributed by atoms with Gasteiger partial charge in [0.05, 0.1) is 5.60 Å². The zero-order valence-electron chi connectivity index (χ0n) is 20.2. The summed E-state index contributed by atoms with van der Waals surface area (Å²) in [4.78, 5) is 12.8. The van der Waals surface area contributed by atoms with E-state index in [2.05, 4.69) is 13.8 Å². The average molecular weight is 351 g/mol. The lowest BCUT2D eigenvalue weighted by atomic mass is 9.43. The molecule has 0 spiro atoms. The molecule has 25 heavy (non-hydrogen) atoms. The summed E-state index contributed by atoms with van der Waals surface area (Å²) in [5.74, 6) is -0.419. The Bertz CT molecular complexity index is 693. The summed E-state index contributed by atoms with van der Waals surface area (Å²) in [6.45, 7) is 3.88. The molecule has 0 amide bonds. The third-order valence-electron chi connectivity index (χ3n) is 9.54. The van der Waals surface area contributed by atoms with Crippen molar-refractivity contribution in [3.8, 4) is 0 Å². The van der Waals surface area contributed by atoms with E-state index in [-0.39, 0.29) is 11.3 Å². The molecule has 0 unspecified atom stereocenters. The smallest absolute Gasteiger partial charge is 0.133 e. The Labute approximate surface area is 159 Å². The third kappa shape index (κ3) is 2.49. The summed E-state index contributed by atoms with van der Waals surface area (Å²) in [6, 6.07) is 0. The van der Waals surface area contributed by atoms with Crippen molar-refractivity contribution in [2.75, 3.05) is 0 Å². The van der Waals surface area contributed by atoms with Crippen LogP contribution in [-0.2, 0) is 4.79 Å². The standard InChI is InChI=1S/C23H38O2/c1-5-23(25)13-12-21(3)16(14-23)6-7-17-19-9-8-18(15(2)24)22(19,4)11-10-20(17)21/h16-20,25H,5-14H2,1-4H3/t16-,17-,18+,19-,20-,21-,22+,23+/m0/s1/i2D3,18D. The number of hydrogen-bond donors (Lipinski definition) is 1. The molecule has 8 atom stereocenters. The van der Waals surface area contributed by atoms with Crippen LogP contribution < -0.4 is 0 Å². The second-order valence-electron chi connectivity index (χ2n) is 10.2. The second-order valence-corrected chi connectivity index (χ2v) is 10.2. The Hall–Kier alpha value is -0.370. The van der Waals surface area contributed by atoms with Crippen LogP contribution in [0.1, 0.15) is 97.3 Å². The molecule has 0 bridgehead atoms. The molecule has 4 rings (SSSR count). The molecule has 0 aromatic carbocycles. The number of Topliss-reactive ketones (excluding diaryl/α,β-unsaturated/α-hetero) is 1. The van der Waals surface area contributed by atoms with Gasteiger partial charge in [-0.05, 0) is 106 Å². The molecule has 142 valence electrons. The number of rotatable bonds is 2. The molecule has 4 fully saturated rings. The first kappa shape index (κ1) is 13.7.